The summed E-state index contributed by atoms with van der Waals surface area (Å²) in [5, 5.41) is 12.7. The van der Waals surface area contributed by atoms with Crippen LogP contribution in [0.3, 0.4) is 0 Å². The van der Waals surface area contributed by atoms with Crippen LogP contribution in [0.15, 0.2) is 54.7 Å². The fourth-order valence-electron chi connectivity index (χ4n) is 2.60. The minimum absolute atomic E-state index is 0.0968. The zero-order valence-corrected chi connectivity index (χ0v) is 12.6. The van der Waals surface area contributed by atoms with Gasteiger partial charge in [-0.1, -0.05) is 30.3 Å². The zero-order chi connectivity index (χ0) is 17.1. The monoisotopic (exact) mass is 326 g/mol. The second-order valence-electron chi connectivity index (χ2n) is 5.41. The van der Waals surface area contributed by atoms with Crippen LogP contribution in [0.4, 0.5) is 4.39 Å². The summed E-state index contributed by atoms with van der Waals surface area (Å²) in [7, 11) is 0. The van der Waals surface area contributed by atoms with Gasteiger partial charge in [-0.15, -0.1) is 0 Å². The average Bonchev–Trinajstić information content (AvgIpc) is 2.97. The van der Waals surface area contributed by atoms with Crippen molar-refractivity contribution in [3.63, 3.8) is 0 Å². The molecule has 1 heterocycles. The van der Waals surface area contributed by atoms with E-state index in [1.165, 1.54) is 18.2 Å². The molecule has 0 unspecified atom stereocenters. The van der Waals surface area contributed by atoms with Gasteiger partial charge in [0.2, 0.25) is 0 Å². The highest BCUT2D eigenvalue weighted by molar-refractivity contribution is 5.97. The van der Waals surface area contributed by atoms with Gasteiger partial charge in [-0.05, 0) is 23.8 Å². The molecule has 0 aliphatic rings. The molecule has 1 amide bonds. The van der Waals surface area contributed by atoms with Gasteiger partial charge in [0, 0.05) is 23.5 Å². The molecule has 0 aliphatic heterocycles. The lowest BCUT2D eigenvalue weighted by atomic mass is 10.0. The summed E-state index contributed by atoms with van der Waals surface area (Å²) < 4.78 is 13.7. The van der Waals surface area contributed by atoms with E-state index in [0.717, 1.165) is 22.5 Å². The van der Waals surface area contributed by atoms with Crippen LogP contribution in [-0.2, 0) is 11.2 Å². The number of hydrogen-bond donors (Lipinski definition) is 3. The van der Waals surface area contributed by atoms with Crippen LogP contribution >= 0.6 is 0 Å². The Labute approximate surface area is 137 Å². The van der Waals surface area contributed by atoms with Crippen molar-refractivity contribution in [1.29, 1.82) is 0 Å². The second kappa shape index (κ2) is 6.54. The van der Waals surface area contributed by atoms with Crippen molar-refractivity contribution in [2.75, 3.05) is 0 Å². The molecular weight excluding hydrogens is 311 g/mol. The number of benzene rings is 2. The highest BCUT2D eigenvalue weighted by Crippen LogP contribution is 2.19. The largest absolute Gasteiger partial charge is 0.480 e. The predicted octanol–water partition coefficient (Wildman–Crippen LogP) is 2.73. The maximum absolute atomic E-state index is 13.7. The van der Waals surface area contributed by atoms with Crippen LogP contribution in [0.25, 0.3) is 10.9 Å². The van der Waals surface area contributed by atoms with Crippen LogP contribution in [0, 0.1) is 5.82 Å². The number of carbonyl (C=O) groups is 2. The molecule has 3 N–H and O–H groups in total. The Bertz CT molecular complexity index is 904. The average molecular weight is 326 g/mol. The van der Waals surface area contributed by atoms with Gasteiger partial charge in [-0.3, -0.25) is 4.79 Å². The first-order valence-electron chi connectivity index (χ1n) is 7.39. The first-order valence-corrected chi connectivity index (χ1v) is 7.39. The Morgan fingerprint density at radius 2 is 1.83 bits per heavy atom. The third kappa shape index (κ3) is 3.12. The van der Waals surface area contributed by atoms with Crippen molar-refractivity contribution in [1.82, 2.24) is 10.3 Å². The number of nitrogens with one attached hydrogen (secondary N) is 2. The molecule has 0 saturated carbocycles. The lowest BCUT2D eigenvalue weighted by molar-refractivity contribution is -0.139. The molecule has 1 atom stereocenters. The Morgan fingerprint density at radius 1 is 1.12 bits per heavy atom. The minimum Gasteiger partial charge on any atom is -0.480 e. The van der Waals surface area contributed by atoms with Crippen molar-refractivity contribution in [3.05, 3.63) is 71.7 Å². The summed E-state index contributed by atoms with van der Waals surface area (Å²) in [6.45, 7) is 0. The van der Waals surface area contributed by atoms with Gasteiger partial charge in [-0.25, -0.2) is 9.18 Å². The van der Waals surface area contributed by atoms with Gasteiger partial charge >= 0.3 is 5.97 Å². The summed E-state index contributed by atoms with van der Waals surface area (Å²) in [6.07, 6.45) is 1.81. The van der Waals surface area contributed by atoms with E-state index in [0.29, 0.717) is 0 Å². The Morgan fingerprint density at radius 3 is 2.58 bits per heavy atom. The summed E-state index contributed by atoms with van der Waals surface area (Å²) >= 11 is 0. The molecule has 0 saturated heterocycles. The molecule has 0 bridgehead atoms. The Hall–Kier alpha value is -3.15. The van der Waals surface area contributed by atoms with Gasteiger partial charge in [0.05, 0.1) is 5.56 Å². The van der Waals surface area contributed by atoms with E-state index in [9.17, 15) is 19.1 Å². The number of amides is 1. The molecule has 0 radical (unpaired) electrons. The molecule has 24 heavy (non-hydrogen) atoms. The number of H-pyrrole nitrogens is 1. The molecule has 3 aromatic rings. The lowest BCUT2D eigenvalue weighted by Crippen LogP contribution is -2.42. The number of para-hydroxylation sites is 1. The maximum atomic E-state index is 13.7. The van der Waals surface area contributed by atoms with Gasteiger partial charge in [0.1, 0.15) is 11.9 Å². The van der Waals surface area contributed by atoms with E-state index in [1.807, 2.05) is 24.3 Å². The van der Waals surface area contributed by atoms with Gasteiger partial charge in [-0.2, -0.15) is 0 Å². The normalized spacial score (nSPS) is 12.0. The first kappa shape index (κ1) is 15.7. The summed E-state index contributed by atoms with van der Waals surface area (Å²) in [6, 6.07) is 11.8. The van der Waals surface area contributed by atoms with Crippen LogP contribution in [0.2, 0.25) is 0 Å². The fourth-order valence-corrected chi connectivity index (χ4v) is 2.60. The number of fused-ring (bicyclic) bond motifs is 1. The maximum Gasteiger partial charge on any atom is 0.326 e. The summed E-state index contributed by atoms with van der Waals surface area (Å²) in [5.41, 5.74) is 1.48. The predicted molar refractivity (Wildman–Crippen MR) is 87.3 cm³/mol. The summed E-state index contributed by atoms with van der Waals surface area (Å²) in [4.78, 5) is 26.7. The smallest absolute Gasteiger partial charge is 0.326 e. The van der Waals surface area contributed by atoms with E-state index < -0.39 is 23.7 Å². The van der Waals surface area contributed by atoms with E-state index in [1.54, 1.807) is 6.20 Å². The fraction of sp³-hybridized carbons (Fsp3) is 0.111. The summed E-state index contributed by atoms with van der Waals surface area (Å²) in [5.74, 6) is -2.61. The van der Waals surface area contributed by atoms with Crippen LogP contribution in [0.1, 0.15) is 15.9 Å². The van der Waals surface area contributed by atoms with Gasteiger partial charge in [0.25, 0.3) is 5.91 Å². The van der Waals surface area contributed by atoms with Gasteiger partial charge < -0.3 is 15.4 Å². The van der Waals surface area contributed by atoms with E-state index >= 15 is 0 Å². The molecule has 2 aromatic carbocycles. The number of aliphatic carboxylic acids is 1. The first-order chi connectivity index (χ1) is 11.6. The van der Waals surface area contributed by atoms with E-state index in [2.05, 4.69) is 10.3 Å². The molecule has 5 nitrogen and oxygen atoms in total. The lowest BCUT2D eigenvalue weighted by Gasteiger charge is -2.14. The molecule has 1 aromatic heterocycles. The van der Waals surface area contributed by atoms with Crippen molar-refractivity contribution >= 4 is 22.8 Å². The van der Waals surface area contributed by atoms with E-state index in [4.69, 9.17) is 0 Å². The topological polar surface area (TPSA) is 82.2 Å². The number of aromatic nitrogens is 1. The minimum atomic E-state index is -1.18. The van der Waals surface area contributed by atoms with Crippen molar-refractivity contribution in [3.8, 4) is 0 Å². The SMILES string of the molecule is O=C(N[C@@H](Cc1c[nH]c2ccccc12)C(=O)O)c1ccccc1F. The number of carboxylic acid groups (broad SMARTS) is 1. The number of carbonyl (C=O) groups excluding carboxylic acids is 1. The third-order valence-electron chi connectivity index (χ3n) is 3.82. The van der Waals surface area contributed by atoms with Crippen LogP contribution in [0.5, 0.6) is 0 Å². The second-order valence-corrected chi connectivity index (χ2v) is 5.41. The molecular formula is C18H15FN2O3. The quantitative estimate of drug-likeness (QED) is 0.674. The van der Waals surface area contributed by atoms with Gasteiger partial charge in [0.15, 0.2) is 0 Å². The highest BCUT2D eigenvalue weighted by atomic mass is 19.1. The number of rotatable bonds is 5. The van der Waals surface area contributed by atoms with Crippen LogP contribution < -0.4 is 5.32 Å². The number of aromatic amines is 1. The molecule has 0 fully saturated rings. The Kier molecular flexibility index (Phi) is 4.29. The van der Waals surface area contributed by atoms with E-state index in [-0.39, 0.29) is 12.0 Å². The highest BCUT2D eigenvalue weighted by Gasteiger charge is 2.23. The molecule has 3 rings (SSSR count). The number of carboxylic acids is 1. The van der Waals surface area contributed by atoms with Crippen molar-refractivity contribution in [2.45, 2.75) is 12.5 Å². The van der Waals surface area contributed by atoms with Crippen molar-refractivity contribution < 1.29 is 19.1 Å². The Balaban J connectivity index is 1.82. The molecule has 122 valence electrons. The van der Waals surface area contributed by atoms with Crippen LogP contribution in [-0.4, -0.2) is 28.0 Å². The standard InChI is InChI=1S/C18H15FN2O3/c19-14-7-3-1-6-13(14)17(22)21-16(18(23)24)9-11-10-20-15-8-4-2-5-12(11)15/h1-8,10,16,20H,9H2,(H,21,22)(H,23,24)/t16-/m0/s1. The molecule has 0 aliphatic carbocycles. The van der Waals surface area contributed by atoms with Crippen molar-refractivity contribution in [2.24, 2.45) is 0 Å². The number of hydrogen-bond acceptors (Lipinski definition) is 2. The zero-order valence-electron chi connectivity index (χ0n) is 12.6. The molecule has 6 heteroatoms. The molecule has 0 spiro atoms. The number of halogens is 1. The third-order valence-corrected chi connectivity index (χ3v) is 3.82.